The molecule has 146 valence electrons. The molecular formula is C22H18N2O4S. The van der Waals surface area contributed by atoms with Crippen LogP contribution in [0, 0.1) is 0 Å². The highest BCUT2D eigenvalue weighted by atomic mass is 32.1. The van der Waals surface area contributed by atoms with Gasteiger partial charge in [-0.2, -0.15) is 0 Å². The normalized spacial score (nSPS) is 15.4. The zero-order valence-corrected chi connectivity index (χ0v) is 16.7. The molecule has 0 unspecified atom stereocenters. The lowest BCUT2D eigenvalue weighted by atomic mass is 10.1. The van der Waals surface area contributed by atoms with Crippen molar-refractivity contribution in [2.24, 2.45) is 0 Å². The van der Waals surface area contributed by atoms with Gasteiger partial charge in [-0.25, -0.2) is 14.6 Å². The Bertz CT molecular complexity index is 1060. The molecule has 29 heavy (non-hydrogen) atoms. The standard InChI is InChI=1S/C22H18N2O4S/c1-22(2)27-20(25)17(21(26)28-22)12-23-16-10-8-14(9-11-16)18-13-29-19(24-18)15-6-4-3-5-7-15/h3-13,23H,1-2H3. The van der Waals surface area contributed by atoms with Crippen LogP contribution in [0.15, 0.2) is 71.8 Å². The van der Waals surface area contributed by atoms with Crippen LogP contribution in [-0.2, 0) is 19.1 Å². The molecule has 0 spiro atoms. The Labute approximate surface area is 171 Å². The molecule has 1 aliphatic heterocycles. The van der Waals surface area contributed by atoms with Crippen molar-refractivity contribution >= 4 is 29.0 Å². The smallest absolute Gasteiger partial charge is 0.350 e. The van der Waals surface area contributed by atoms with Crippen molar-refractivity contribution in [1.29, 1.82) is 0 Å². The number of esters is 2. The second-order valence-corrected chi connectivity index (χ2v) is 7.72. The van der Waals surface area contributed by atoms with Gasteiger partial charge in [-0.15, -0.1) is 11.3 Å². The number of hydrogen-bond donors (Lipinski definition) is 1. The van der Waals surface area contributed by atoms with E-state index in [0.717, 1.165) is 21.8 Å². The number of ether oxygens (including phenoxy) is 2. The van der Waals surface area contributed by atoms with Crippen molar-refractivity contribution in [2.75, 3.05) is 5.32 Å². The minimum Gasteiger partial charge on any atom is -0.419 e. The van der Waals surface area contributed by atoms with Crippen LogP contribution in [0.1, 0.15) is 13.8 Å². The number of carbonyl (C=O) groups is 2. The van der Waals surface area contributed by atoms with Gasteiger partial charge in [0.15, 0.2) is 5.57 Å². The summed E-state index contributed by atoms with van der Waals surface area (Å²) in [7, 11) is 0. The molecule has 4 rings (SSSR count). The lowest BCUT2D eigenvalue weighted by Crippen LogP contribution is -2.42. The summed E-state index contributed by atoms with van der Waals surface area (Å²) in [4.78, 5) is 28.6. The second kappa shape index (κ2) is 7.52. The molecule has 1 fully saturated rings. The fourth-order valence-electron chi connectivity index (χ4n) is 2.79. The molecule has 2 aromatic carbocycles. The molecule has 0 bridgehead atoms. The van der Waals surface area contributed by atoms with Crippen molar-refractivity contribution in [1.82, 2.24) is 4.98 Å². The summed E-state index contributed by atoms with van der Waals surface area (Å²) in [5, 5.41) is 5.91. The number of carbonyl (C=O) groups excluding carboxylic acids is 2. The third-order valence-electron chi connectivity index (χ3n) is 4.21. The third kappa shape index (κ3) is 4.20. The van der Waals surface area contributed by atoms with E-state index in [2.05, 4.69) is 5.32 Å². The van der Waals surface area contributed by atoms with E-state index in [1.807, 2.05) is 60.0 Å². The molecule has 1 N–H and O–H groups in total. The highest BCUT2D eigenvalue weighted by Crippen LogP contribution is 2.29. The number of aromatic nitrogens is 1. The monoisotopic (exact) mass is 406 g/mol. The fraction of sp³-hybridized carbons (Fsp3) is 0.136. The van der Waals surface area contributed by atoms with E-state index < -0.39 is 17.7 Å². The molecule has 6 nitrogen and oxygen atoms in total. The molecule has 2 heterocycles. The minimum atomic E-state index is -1.25. The van der Waals surface area contributed by atoms with Crippen LogP contribution in [-0.4, -0.2) is 22.7 Å². The highest BCUT2D eigenvalue weighted by Gasteiger charge is 2.38. The Morgan fingerprint density at radius 2 is 1.59 bits per heavy atom. The lowest BCUT2D eigenvalue weighted by Gasteiger charge is -2.29. The number of nitrogens with zero attached hydrogens (tertiary/aromatic N) is 1. The van der Waals surface area contributed by atoms with Crippen LogP contribution in [0.4, 0.5) is 5.69 Å². The maximum atomic E-state index is 12.0. The Kier molecular flexibility index (Phi) is 4.90. The van der Waals surface area contributed by atoms with Gasteiger partial charge < -0.3 is 14.8 Å². The van der Waals surface area contributed by atoms with E-state index in [1.54, 1.807) is 11.3 Å². The number of rotatable bonds is 4. The Morgan fingerprint density at radius 1 is 0.931 bits per heavy atom. The van der Waals surface area contributed by atoms with Crippen LogP contribution in [0.25, 0.3) is 21.8 Å². The predicted molar refractivity (Wildman–Crippen MR) is 111 cm³/mol. The molecule has 3 aromatic rings. The van der Waals surface area contributed by atoms with Gasteiger partial charge >= 0.3 is 11.9 Å². The summed E-state index contributed by atoms with van der Waals surface area (Å²) in [6.07, 6.45) is 1.30. The van der Waals surface area contributed by atoms with E-state index in [4.69, 9.17) is 14.5 Å². The molecule has 0 radical (unpaired) electrons. The highest BCUT2D eigenvalue weighted by molar-refractivity contribution is 7.13. The first kappa shape index (κ1) is 18.9. The van der Waals surface area contributed by atoms with Crippen LogP contribution < -0.4 is 5.32 Å². The average molecular weight is 406 g/mol. The van der Waals surface area contributed by atoms with Gasteiger partial charge in [0.2, 0.25) is 0 Å². The van der Waals surface area contributed by atoms with Crippen molar-refractivity contribution in [2.45, 2.75) is 19.6 Å². The van der Waals surface area contributed by atoms with Crippen LogP contribution in [0.5, 0.6) is 0 Å². The Morgan fingerprint density at radius 3 is 2.24 bits per heavy atom. The van der Waals surface area contributed by atoms with E-state index in [-0.39, 0.29) is 5.57 Å². The summed E-state index contributed by atoms with van der Waals surface area (Å²) in [5.41, 5.74) is 3.48. The average Bonchev–Trinajstić information content (AvgIpc) is 3.18. The quantitative estimate of drug-likeness (QED) is 0.387. The van der Waals surface area contributed by atoms with E-state index in [0.29, 0.717) is 5.69 Å². The zero-order chi connectivity index (χ0) is 20.4. The molecule has 0 aliphatic carbocycles. The van der Waals surface area contributed by atoms with Crippen molar-refractivity contribution in [3.8, 4) is 21.8 Å². The second-order valence-electron chi connectivity index (χ2n) is 6.86. The van der Waals surface area contributed by atoms with Gasteiger partial charge in [0.25, 0.3) is 5.79 Å². The Balaban J connectivity index is 1.47. The van der Waals surface area contributed by atoms with Crippen LogP contribution >= 0.6 is 11.3 Å². The van der Waals surface area contributed by atoms with Gasteiger partial charge in [0.1, 0.15) is 5.01 Å². The van der Waals surface area contributed by atoms with Crippen molar-refractivity contribution in [3.63, 3.8) is 0 Å². The van der Waals surface area contributed by atoms with Crippen LogP contribution in [0.3, 0.4) is 0 Å². The molecule has 0 saturated carbocycles. The number of anilines is 1. The van der Waals surface area contributed by atoms with E-state index in [9.17, 15) is 9.59 Å². The first-order chi connectivity index (χ1) is 13.9. The molecular weight excluding hydrogens is 388 g/mol. The number of thiazole rings is 1. The lowest BCUT2D eigenvalue weighted by molar-refractivity contribution is -0.222. The number of benzene rings is 2. The van der Waals surface area contributed by atoms with Gasteiger partial charge in [-0.1, -0.05) is 42.5 Å². The van der Waals surface area contributed by atoms with Gasteiger partial charge in [-0.3, -0.25) is 0 Å². The zero-order valence-electron chi connectivity index (χ0n) is 15.8. The summed E-state index contributed by atoms with van der Waals surface area (Å²) in [6, 6.07) is 17.6. The van der Waals surface area contributed by atoms with Gasteiger partial charge in [-0.05, 0) is 12.1 Å². The number of cyclic esters (lactones) is 2. The molecule has 7 heteroatoms. The van der Waals surface area contributed by atoms with Crippen LogP contribution in [0.2, 0.25) is 0 Å². The summed E-state index contributed by atoms with van der Waals surface area (Å²) in [5.74, 6) is -2.68. The first-order valence-electron chi connectivity index (χ1n) is 8.96. The summed E-state index contributed by atoms with van der Waals surface area (Å²) >= 11 is 1.59. The van der Waals surface area contributed by atoms with Crippen molar-refractivity contribution < 1.29 is 19.1 Å². The number of hydrogen-bond acceptors (Lipinski definition) is 7. The van der Waals surface area contributed by atoms with Gasteiger partial charge in [0, 0.05) is 42.2 Å². The Hall–Kier alpha value is -3.45. The summed E-state index contributed by atoms with van der Waals surface area (Å²) in [6.45, 7) is 3.01. The SMILES string of the molecule is CC1(C)OC(=O)C(=CNc2ccc(-c3csc(-c4ccccc4)n3)cc2)C(=O)O1. The van der Waals surface area contributed by atoms with Crippen molar-refractivity contribution in [3.05, 3.63) is 71.8 Å². The fourth-order valence-corrected chi connectivity index (χ4v) is 3.63. The van der Waals surface area contributed by atoms with E-state index in [1.165, 1.54) is 20.0 Å². The largest absolute Gasteiger partial charge is 0.419 e. The topological polar surface area (TPSA) is 77.5 Å². The minimum absolute atomic E-state index is 0.180. The van der Waals surface area contributed by atoms with E-state index >= 15 is 0 Å². The molecule has 0 atom stereocenters. The molecule has 1 aliphatic rings. The van der Waals surface area contributed by atoms with Gasteiger partial charge in [0.05, 0.1) is 5.69 Å². The molecule has 1 saturated heterocycles. The maximum Gasteiger partial charge on any atom is 0.350 e. The third-order valence-corrected chi connectivity index (χ3v) is 5.10. The summed E-state index contributed by atoms with van der Waals surface area (Å²) < 4.78 is 10.1. The number of nitrogens with one attached hydrogen (secondary N) is 1. The maximum absolute atomic E-state index is 12.0. The predicted octanol–water partition coefficient (Wildman–Crippen LogP) is 4.61. The molecule has 1 aromatic heterocycles. The first-order valence-corrected chi connectivity index (χ1v) is 9.84. The molecule has 0 amide bonds.